The van der Waals surface area contributed by atoms with E-state index in [1.165, 1.54) is 17.8 Å². The molecule has 1 aliphatic rings. The average molecular weight is 355 g/mol. The topological polar surface area (TPSA) is 46.8 Å². The van der Waals surface area contributed by atoms with Crippen molar-refractivity contribution in [3.63, 3.8) is 0 Å². The predicted octanol–water partition coefficient (Wildman–Crippen LogP) is 4.01. The second kappa shape index (κ2) is 6.52. The van der Waals surface area contributed by atoms with Crippen LogP contribution in [0.2, 0.25) is 0 Å². The Morgan fingerprint density at radius 1 is 1.16 bits per heavy atom. The first-order valence-corrected chi connectivity index (χ1v) is 9.41. The lowest BCUT2D eigenvalue weighted by molar-refractivity contribution is 0.0728. The molecule has 25 heavy (non-hydrogen) atoms. The Labute approximate surface area is 150 Å². The molecular weight excluding hydrogens is 334 g/mol. The second-order valence-electron chi connectivity index (χ2n) is 6.38. The Bertz CT molecular complexity index is 905. The van der Waals surface area contributed by atoms with Gasteiger partial charge in [-0.2, -0.15) is 0 Å². The molecule has 5 nitrogen and oxygen atoms in total. The molecular formula is C19H21N3O2S. The molecule has 0 N–H and O–H groups in total. The van der Waals surface area contributed by atoms with E-state index in [1.54, 1.807) is 7.11 Å². The van der Waals surface area contributed by atoms with Crippen LogP contribution < -0.4 is 4.74 Å². The Balaban J connectivity index is 1.65. The van der Waals surface area contributed by atoms with E-state index >= 15 is 0 Å². The third-order valence-electron chi connectivity index (χ3n) is 4.78. The molecule has 2 aromatic heterocycles. The Hall–Kier alpha value is -2.34. The molecule has 3 heterocycles. The van der Waals surface area contributed by atoms with E-state index in [9.17, 15) is 4.79 Å². The van der Waals surface area contributed by atoms with Gasteiger partial charge in [0.1, 0.15) is 10.6 Å². The standard InChI is InChI=1S/C19H21N3O2S/c1-13-17(18(23)21-10-4-3-5-11-21)25-19-20-16(12-22(13)19)14-6-8-15(24-2)9-7-14/h6-9,12H,3-5,10-11H2,1-2H3. The Kier molecular flexibility index (Phi) is 4.21. The van der Waals surface area contributed by atoms with Gasteiger partial charge in [-0.15, -0.1) is 0 Å². The summed E-state index contributed by atoms with van der Waals surface area (Å²) in [6, 6.07) is 7.86. The fourth-order valence-electron chi connectivity index (χ4n) is 3.29. The normalized spacial score (nSPS) is 14.9. The third-order valence-corrected chi connectivity index (χ3v) is 5.92. The maximum Gasteiger partial charge on any atom is 0.265 e. The van der Waals surface area contributed by atoms with Crippen LogP contribution in [0.5, 0.6) is 5.75 Å². The van der Waals surface area contributed by atoms with Gasteiger partial charge in [-0.05, 0) is 50.5 Å². The molecule has 0 unspecified atom stereocenters. The van der Waals surface area contributed by atoms with Crippen LogP contribution >= 0.6 is 11.3 Å². The van der Waals surface area contributed by atoms with E-state index in [0.717, 1.165) is 58.5 Å². The number of fused-ring (bicyclic) bond motifs is 1. The molecule has 1 aliphatic heterocycles. The Morgan fingerprint density at radius 2 is 1.88 bits per heavy atom. The third kappa shape index (κ3) is 2.91. The van der Waals surface area contributed by atoms with Gasteiger partial charge >= 0.3 is 0 Å². The van der Waals surface area contributed by atoms with Crippen molar-refractivity contribution in [1.82, 2.24) is 14.3 Å². The summed E-state index contributed by atoms with van der Waals surface area (Å²) in [5.74, 6) is 0.981. The summed E-state index contributed by atoms with van der Waals surface area (Å²) in [6.45, 7) is 3.74. The maximum absolute atomic E-state index is 12.8. The number of imidazole rings is 1. The molecule has 4 rings (SSSR count). The molecule has 0 bridgehead atoms. The van der Waals surface area contributed by atoms with Crippen LogP contribution in [0, 0.1) is 6.92 Å². The highest BCUT2D eigenvalue weighted by molar-refractivity contribution is 7.19. The highest BCUT2D eigenvalue weighted by Gasteiger charge is 2.24. The first kappa shape index (κ1) is 16.1. The van der Waals surface area contributed by atoms with Crippen LogP contribution in [-0.2, 0) is 0 Å². The number of aromatic nitrogens is 2. The van der Waals surface area contributed by atoms with E-state index in [0.29, 0.717) is 0 Å². The van der Waals surface area contributed by atoms with Crippen LogP contribution in [0.25, 0.3) is 16.2 Å². The lowest BCUT2D eigenvalue weighted by Crippen LogP contribution is -2.35. The quantitative estimate of drug-likeness (QED) is 0.713. The molecule has 6 heteroatoms. The molecule has 0 saturated carbocycles. The molecule has 0 aliphatic carbocycles. The van der Waals surface area contributed by atoms with Crippen LogP contribution in [0.4, 0.5) is 0 Å². The van der Waals surface area contributed by atoms with Crippen molar-refractivity contribution >= 4 is 22.2 Å². The number of rotatable bonds is 3. The number of ether oxygens (including phenoxy) is 1. The number of benzene rings is 1. The highest BCUT2D eigenvalue weighted by atomic mass is 32.1. The van der Waals surface area contributed by atoms with Gasteiger partial charge in [0.2, 0.25) is 0 Å². The van der Waals surface area contributed by atoms with Crippen molar-refractivity contribution in [1.29, 1.82) is 0 Å². The van der Waals surface area contributed by atoms with E-state index in [1.807, 2.05) is 46.7 Å². The zero-order chi connectivity index (χ0) is 17.4. The monoisotopic (exact) mass is 355 g/mol. The Morgan fingerprint density at radius 3 is 2.52 bits per heavy atom. The largest absolute Gasteiger partial charge is 0.497 e. The molecule has 1 fully saturated rings. The van der Waals surface area contributed by atoms with E-state index < -0.39 is 0 Å². The molecule has 1 amide bonds. The summed E-state index contributed by atoms with van der Waals surface area (Å²) in [5, 5.41) is 0. The van der Waals surface area contributed by atoms with E-state index in [-0.39, 0.29) is 5.91 Å². The molecule has 1 aromatic carbocycles. The number of aryl methyl sites for hydroxylation is 1. The smallest absolute Gasteiger partial charge is 0.265 e. The molecule has 0 spiro atoms. The van der Waals surface area contributed by atoms with Gasteiger partial charge in [0, 0.05) is 30.5 Å². The zero-order valence-corrected chi connectivity index (χ0v) is 15.3. The minimum absolute atomic E-state index is 0.152. The number of carbonyl (C=O) groups excluding carboxylic acids is 1. The van der Waals surface area contributed by atoms with Crippen molar-refractivity contribution in [2.45, 2.75) is 26.2 Å². The molecule has 3 aromatic rings. The summed E-state index contributed by atoms with van der Waals surface area (Å²) in [5.41, 5.74) is 2.93. The van der Waals surface area contributed by atoms with Crippen molar-refractivity contribution < 1.29 is 9.53 Å². The number of amides is 1. The van der Waals surface area contributed by atoms with Gasteiger partial charge in [-0.3, -0.25) is 9.20 Å². The lowest BCUT2D eigenvalue weighted by Gasteiger charge is -2.26. The number of hydrogen-bond acceptors (Lipinski definition) is 4. The summed E-state index contributed by atoms with van der Waals surface area (Å²) in [4.78, 5) is 21.2. The summed E-state index contributed by atoms with van der Waals surface area (Å²) >= 11 is 1.48. The van der Waals surface area contributed by atoms with Crippen molar-refractivity contribution in [2.24, 2.45) is 0 Å². The van der Waals surface area contributed by atoms with Crippen molar-refractivity contribution in [3.8, 4) is 17.0 Å². The van der Waals surface area contributed by atoms with Crippen molar-refractivity contribution in [2.75, 3.05) is 20.2 Å². The summed E-state index contributed by atoms with van der Waals surface area (Å²) in [7, 11) is 1.66. The molecule has 130 valence electrons. The lowest BCUT2D eigenvalue weighted by atomic mass is 10.1. The number of methoxy groups -OCH3 is 1. The maximum atomic E-state index is 12.8. The molecule has 1 saturated heterocycles. The van der Waals surface area contributed by atoms with Gasteiger partial charge < -0.3 is 9.64 Å². The number of thiazole rings is 1. The summed E-state index contributed by atoms with van der Waals surface area (Å²) in [6.07, 6.45) is 5.45. The van der Waals surface area contributed by atoms with Gasteiger partial charge in [-0.25, -0.2) is 4.98 Å². The minimum atomic E-state index is 0.152. The first-order chi connectivity index (χ1) is 12.2. The highest BCUT2D eigenvalue weighted by Crippen LogP contribution is 2.29. The van der Waals surface area contributed by atoms with Crippen LogP contribution in [0.3, 0.4) is 0 Å². The number of hydrogen-bond donors (Lipinski definition) is 0. The second-order valence-corrected chi connectivity index (χ2v) is 7.35. The zero-order valence-electron chi connectivity index (χ0n) is 14.5. The summed E-state index contributed by atoms with van der Waals surface area (Å²) < 4.78 is 7.23. The van der Waals surface area contributed by atoms with E-state index in [4.69, 9.17) is 9.72 Å². The first-order valence-electron chi connectivity index (χ1n) is 8.59. The van der Waals surface area contributed by atoms with Crippen LogP contribution in [0.15, 0.2) is 30.5 Å². The number of likely N-dealkylation sites (tertiary alicyclic amines) is 1. The molecule has 0 radical (unpaired) electrons. The van der Waals surface area contributed by atoms with Crippen LogP contribution in [-0.4, -0.2) is 40.4 Å². The van der Waals surface area contributed by atoms with Crippen molar-refractivity contribution in [3.05, 3.63) is 41.0 Å². The molecule has 0 atom stereocenters. The number of carbonyl (C=O) groups is 1. The van der Waals surface area contributed by atoms with Gasteiger partial charge in [0.15, 0.2) is 4.96 Å². The van der Waals surface area contributed by atoms with E-state index in [2.05, 4.69) is 0 Å². The number of nitrogens with zero attached hydrogens (tertiary/aromatic N) is 3. The van der Waals surface area contributed by atoms with Gasteiger partial charge in [-0.1, -0.05) is 11.3 Å². The van der Waals surface area contributed by atoms with Gasteiger partial charge in [0.25, 0.3) is 5.91 Å². The SMILES string of the molecule is COc1ccc(-c2cn3c(C)c(C(=O)N4CCCCC4)sc3n2)cc1. The minimum Gasteiger partial charge on any atom is -0.497 e. The predicted molar refractivity (Wildman–Crippen MR) is 99.5 cm³/mol. The number of piperidine rings is 1. The average Bonchev–Trinajstić information content (AvgIpc) is 3.21. The van der Waals surface area contributed by atoms with Gasteiger partial charge in [0.05, 0.1) is 12.8 Å². The fraction of sp³-hybridized carbons (Fsp3) is 0.368. The fourth-order valence-corrected chi connectivity index (χ4v) is 4.37. The van der Waals surface area contributed by atoms with Crippen LogP contribution in [0.1, 0.15) is 34.6 Å².